The number of carbonyl (C=O) groups is 2. The molecule has 6 nitrogen and oxygen atoms in total. The molecule has 1 unspecified atom stereocenters. The molecule has 28 heavy (non-hydrogen) atoms. The topological polar surface area (TPSA) is 85.2 Å². The van der Waals surface area contributed by atoms with Crippen LogP contribution in [0.25, 0.3) is 0 Å². The van der Waals surface area contributed by atoms with Crippen molar-refractivity contribution in [1.29, 1.82) is 5.26 Å². The predicted molar refractivity (Wildman–Crippen MR) is 109 cm³/mol. The van der Waals surface area contributed by atoms with E-state index in [2.05, 4.69) is 21.6 Å². The first kappa shape index (κ1) is 19.6. The number of rotatable bonds is 5. The molecule has 1 aliphatic rings. The van der Waals surface area contributed by atoms with Gasteiger partial charge in [0.2, 0.25) is 5.91 Å². The van der Waals surface area contributed by atoms with Crippen molar-refractivity contribution >= 4 is 23.2 Å². The smallest absolute Gasteiger partial charge is 0.255 e. The highest BCUT2D eigenvalue weighted by Gasteiger charge is 2.19. The van der Waals surface area contributed by atoms with Gasteiger partial charge in [0.05, 0.1) is 12.0 Å². The van der Waals surface area contributed by atoms with Crippen LogP contribution in [-0.2, 0) is 11.3 Å². The van der Waals surface area contributed by atoms with Gasteiger partial charge in [0, 0.05) is 37.0 Å². The van der Waals surface area contributed by atoms with Gasteiger partial charge in [-0.2, -0.15) is 5.26 Å². The second-order valence-electron chi connectivity index (χ2n) is 7.12. The number of nitriles is 1. The molecule has 1 fully saturated rings. The van der Waals surface area contributed by atoms with Gasteiger partial charge in [0.1, 0.15) is 0 Å². The molecular weight excluding hydrogens is 352 g/mol. The molecule has 3 rings (SSSR count). The van der Waals surface area contributed by atoms with Gasteiger partial charge in [-0.1, -0.05) is 12.1 Å². The van der Waals surface area contributed by atoms with Crippen LogP contribution < -0.4 is 10.6 Å². The highest BCUT2D eigenvalue weighted by molar-refractivity contribution is 6.04. The summed E-state index contributed by atoms with van der Waals surface area (Å²) in [5, 5.41) is 14.7. The largest absolute Gasteiger partial charge is 0.326 e. The van der Waals surface area contributed by atoms with Crippen molar-refractivity contribution in [2.24, 2.45) is 5.92 Å². The third-order valence-electron chi connectivity index (χ3n) is 4.75. The number of nitrogens with one attached hydrogen (secondary N) is 2. The van der Waals surface area contributed by atoms with Crippen LogP contribution in [0.3, 0.4) is 0 Å². The van der Waals surface area contributed by atoms with Crippen molar-refractivity contribution in [3.05, 3.63) is 59.7 Å². The number of piperidine rings is 1. The van der Waals surface area contributed by atoms with Gasteiger partial charge in [0.15, 0.2) is 0 Å². The van der Waals surface area contributed by atoms with Crippen molar-refractivity contribution < 1.29 is 9.59 Å². The van der Waals surface area contributed by atoms with E-state index in [0.29, 0.717) is 16.9 Å². The highest BCUT2D eigenvalue weighted by Crippen LogP contribution is 2.19. The Labute approximate surface area is 165 Å². The summed E-state index contributed by atoms with van der Waals surface area (Å²) in [6.45, 7) is 3.96. The Balaban J connectivity index is 1.62. The van der Waals surface area contributed by atoms with E-state index in [1.165, 1.54) is 6.92 Å². The second-order valence-corrected chi connectivity index (χ2v) is 7.12. The summed E-state index contributed by atoms with van der Waals surface area (Å²) < 4.78 is 0. The molecular formula is C22H24N4O2. The molecule has 1 saturated heterocycles. The first-order valence-corrected chi connectivity index (χ1v) is 9.43. The molecule has 2 aromatic carbocycles. The fourth-order valence-corrected chi connectivity index (χ4v) is 3.42. The van der Waals surface area contributed by atoms with Crippen LogP contribution >= 0.6 is 0 Å². The predicted octanol–water partition coefficient (Wildman–Crippen LogP) is 3.63. The molecule has 2 N–H and O–H groups in total. The van der Waals surface area contributed by atoms with Crippen molar-refractivity contribution in [2.75, 3.05) is 23.7 Å². The minimum absolute atomic E-state index is 0.0979. The zero-order valence-corrected chi connectivity index (χ0v) is 15.9. The molecule has 0 radical (unpaired) electrons. The minimum Gasteiger partial charge on any atom is -0.326 e. The summed E-state index contributed by atoms with van der Waals surface area (Å²) in [5.74, 6) is -0.216. The van der Waals surface area contributed by atoms with E-state index in [9.17, 15) is 9.59 Å². The van der Waals surface area contributed by atoms with Crippen LogP contribution in [0.1, 0.15) is 35.7 Å². The van der Waals surface area contributed by atoms with E-state index >= 15 is 0 Å². The summed E-state index contributed by atoms with van der Waals surface area (Å²) in [7, 11) is 0. The summed E-state index contributed by atoms with van der Waals surface area (Å²) in [6.07, 6.45) is 2.00. The number of carbonyl (C=O) groups excluding carboxylic acids is 2. The van der Waals surface area contributed by atoms with E-state index in [1.54, 1.807) is 30.3 Å². The number of anilines is 2. The van der Waals surface area contributed by atoms with E-state index in [0.717, 1.165) is 38.0 Å². The number of nitrogens with zero attached hydrogens (tertiary/aromatic N) is 2. The van der Waals surface area contributed by atoms with E-state index in [1.807, 2.05) is 18.2 Å². The van der Waals surface area contributed by atoms with Gasteiger partial charge in [-0.05, 0) is 61.3 Å². The second kappa shape index (κ2) is 9.16. The standard InChI is InChI=1S/C22H24N4O2/c1-16(27)24-20-7-9-21(10-8-20)25-22(28)19-6-2-4-17(12-19)14-26-11-3-5-18(13-23)15-26/h2,4,6-10,12,18H,3,5,11,14-15H2,1H3,(H,24,27)(H,25,28). The van der Waals surface area contributed by atoms with E-state index in [4.69, 9.17) is 5.26 Å². The summed E-state index contributed by atoms with van der Waals surface area (Å²) in [4.78, 5) is 25.9. The molecule has 1 heterocycles. The quantitative estimate of drug-likeness (QED) is 0.834. The summed E-state index contributed by atoms with van der Waals surface area (Å²) in [6, 6.07) is 16.9. The lowest BCUT2D eigenvalue weighted by Gasteiger charge is -2.29. The van der Waals surface area contributed by atoms with E-state index in [-0.39, 0.29) is 17.7 Å². The third-order valence-corrected chi connectivity index (χ3v) is 4.75. The first-order chi connectivity index (χ1) is 13.5. The number of amides is 2. The Morgan fingerprint density at radius 3 is 2.54 bits per heavy atom. The number of hydrogen-bond donors (Lipinski definition) is 2. The van der Waals surface area contributed by atoms with Crippen LogP contribution in [0, 0.1) is 17.2 Å². The van der Waals surface area contributed by atoms with Crippen LogP contribution in [-0.4, -0.2) is 29.8 Å². The average Bonchev–Trinajstić information content (AvgIpc) is 2.69. The SMILES string of the molecule is CC(=O)Nc1ccc(NC(=O)c2cccc(CN3CCCC(C#N)C3)c2)cc1. The van der Waals surface area contributed by atoms with Gasteiger partial charge >= 0.3 is 0 Å². The van der Waals surface area contributed by atoms with E-state index < -0.39 is 0 Å². The zero-order chi connectivity index (χ0) is 19.9. The van der Waals surface area contributed by atoms with Gasteiger partial charge in [-0.15, -0.1) is 0 Å². The number of benzene rings is 2. The number of hydrogen-bond acceptors (Lipinski definition) is 4. The van der Waals surface area contributed by atoms with Crippen LogP contribution in [0.5, 0.6) is 0 Å². The minimum atomic E-state index is -0.178. The Hall–Kier alpha value is -3.17. The normalized spacial score (nSPS) is 16.8. The number of likely N-dealkylation sites (tertiary alicyclic amines) is 1. The Kier molecular flexibility index (Phi) is 6.41. The molecule has 2 aromatic rings. The Morgan fingerprint density at radius 2 is 1.86 bits per heavy atom. The van der Waals surface area contributed by atoms with Crippen molar-refractivity contribution in [2.45, 2.75) is 26.3 Å². The zero-order valence-electron chi connectivity index (χ0n) is 15.9. The molecule has 0 aromatic heterocycles. The summed E-state index contributed by atoms with van der Waals surface area (Å²) in [5.41, 5.74) is 3.01. The Bertz CT molecular complexity index is 886. The van der Waals surface area contributed by atoms with Crippen molar-refractivity contribution in [1.82, 2.24) is 4.90 Å². The highest BCUT2D eigenvalue weighted by atomic mass is 16.2. The maximum atomic E-state index is 12.6. The molecule has 0 saturated carbocycles. The molecule has 144 valence electrons. The molecule has 0 bridgehead atoms. The molecule has 2 amide bonds. The fraction of sp³-hybridized carbons (Fsp3) is 0.318. The fourth-order valence-electron chi connectivity index (χ4n) is 3.42. The van der Waals surface area contributed by atoms with Crippen LogP contribution in [0.2, 0.25) is 0 Å². The monoisotopic (exact) mass is 376 g/mol. The first-order valence-electron chi connectivity index (χ1n) is 9.43. The lowest BCUT2D eigenvalue weighted by Crippen LogP contribution is -2.34. The molecule has 0 aliphatic carbocycles. The van der Waals surface area contributed by atoms with Gasteiger partial charge in [-0.25, -0.2) is 0 Å². The van der Waals surface area contributed by atoms with Crippen LogP contribution in [0.4, 0.5) is 11.4 Å². The lowest BCUT2D eigenvalue weighted by molar-refractivity contribution is -0.114. The maximum absolute atomic E-state index is 12.6. The van der Waals surface area contributed by atoms with Gasteiger partial charge in [0.25, 0.3) is 5.91 Å². The van der Waals surface area contributed by atoms with Gasteiger partial charge in [-0.3, -0.25) is 14.5 Å². The van der Waals surface area contributed by atoms with Crippen molar-refractivity contribution in [3.8, 4) is 6.07 Å². The maximum Gasteiger partial charge on any atom is 0.255 e. The van der Waals surface area contributed by atoms with Crippen LogP contribution in [0.15, 0.2) is 48.5 Å². The average molecular weight is 376 g/mol. The lowest BCUT2D eigenvalue weighted by atomic mass is 9.99. The molecule has 1 aliphatic heterocycles. The molecule has 1 atom stereocenters. The Morgan fingerprint density at radius 1 is 1.14 bits per heavy atom. The molecule has 0 spiro atoms. The molecule has 6 heteroatoms. The van der Waals surface area contributed by atoms with Crippen molar-refractivity contribution in [3.63, 3.8) is 0 Å². The summed E-state index contributed by atoms with van der Waals surface area (Å²) >= 11 is 0. The van der Waals surface area contributed by atoms with Gasteiger partial charge < -0.3 is 10.6 Å². The third kappa shape index (κ3) is 5.41.